The fourth-order valence-electron chi connectivity index (χ4n) is 2.22. The Hall–Kier alpha value is -1.53. The first-order chi connectivity index (χ1) is 13.8. The third-order valence-corrected chi connectivity index (χ3v) is 6.37. The van der Waals surface area contributed by atoms with Gasteiger partial charge in [-0.3, -0.25) is 0 Å². The van der Waals surface area contributed by atoms with E-state index in [1.165, 1.54) is 0 Å². The predicted molar refractivity (Wildman–Crippen MR) is 72.5 cm³/mol. The third kappa shape index (κ3) is 4.45. The predicted octanol–water partition coefficient (Wildman–Crippen LogP) is 6.63. The van der Waals surface area contributed by atoms with Crippen molar-refractivity contribution in [2.45, 2.75) is 30.2 Å². The number of nitrogens with zero attached hydrogens (tertiary/aromatic N) is 1. The number of amides is 1. The topological polar surface area (TPSA) is 48.0 Å². The van der Waals surface area contributed by atoms with Gasteiger partial charge in [0.1, 0.15) is 0 Å². The number of alkyl halides is 12. The van der Waals surface area contributed by atoms with Crippen LogP contribution in [0.3, 0.4) is 0 Å². The Kier molecular flexibility index (Phi) is 7.96. The maximum absolute atomic E-state index is 14.9. The van der Waals surface area contributed by atoms with Gasteiger partial charge >= 0.3 is 166 Å². The van der Waals surface area contributed by atoms with Gasteiger partial charge in [0.2, 0.25) is 0 Å². The summed E-state index contributed by atoms with van der Waals surface area (Å²) in [5.41, 5.74) is -16.9. The number of rotatable bonds is 6. The number of carbonyl (C=O) groups is 1. The van der Waals surface area contributed by atoms with Crippen LogP contribution < -0.4 is 0 Å². The van der Waals surface area contributed by atoms with E-state index in [4.69, 9.17) is 0 Å². The minimum atomic E-state index is -8.06. The summed E-state index contributed by atoms with van der Waals surface area (Å²) < 4.78 is 212. The number of hydrogen-bond donors (Lipinski definition) is 0. The molecule has 192 valence electrons. The molecule has 0 aromatic rings. The standard InChI is InChI=1S/C11H9F15NO4P/c1-29-32(26,30-2,31-3)5(12)4(7(14,15)16)27(6(13)28)8(9(17,18)19,10(20,21)22)11(23,24)25/h1-3H3/b5-4+. The fraction of sp³-hybridized carbons (Fsp3) is 0.727. The summed E-state index contributed by atoms with van der Waals surface area (Å²) in [4.78, 5) is 7.14. The van der Waals surface area contributed by atoms with Gasteiger partial charge in [0.05, 0.1) is 0 Å². The third-order valence-electron chi connectivity index (χ3n) is 3.67. The van der Waals surface area contributed by atoms with E-state index >= 15 is 0 Å². The van der Waals surface area contributed by atoms with Gasteiger partial charge in [-0.05, 0) is 0 Å². The Morgan fingerprint density at radius 3 is 1.12 bits per heavy atom. The van der Waals surface area contributed by atoms with Gasteiger partial charge in [-0.15, -0.1) is 0 Å². The summed E-state index contributed by atoms with van der Waals surface area (Å²) in [7, 11) is -8.19. The molecular weight excluding hydrogens is 526 g/mol. The van der Waals surface area contributed by atoms with Crippen LogP contribution in [-0.4, -0.2) is 62.6 Å². The van der Waals surface area contributed by atoms with Crippen LogP contribution in [0.2, 0.25) is 0 Å². The van der Waals surface area contributed by atoms with E-state index in [9.17, 15) is 70.5 Å². The van der Waals surface area contributed by atoms with E-state index in [1.807, 2.05) is 0 Å². The maximum atomic E-state index is 14.9. The number of allylic oxidation sites excluding steroid dienone is 1. The molecular formula is C11H9F15NO4P. The number of carbonyl (C=O) groups excluding carboxylic acids is 1. The zero-order valence-corrected chi connectivity index (χ0v) is 16.1. The molecule has 21 heteroatoms. The molecule has 0 rings (SSSR count). The van der Waals surface area contributed by atoms with Gasteiger partial charge in [0.15, 0.2) is 0 Å². The summed E-state index contributed by atoms with van der Waals surface area (Å²) in [5.74, 6) is 0. The molecule has 0 unspecified atom stereocenters. The summed E-state index contributed by atoms with van der Waals surface area (Å²) in [6.07, 6.45) is -36.1. The van der Waals surface area contributed by atoms with Gasteiger partial charge in [-0.1, -0.05) is 0 Å². The van der Waals surface area contributed by atoms with Crippen LogP contribution in [0.5, 0.6) is 0 Å². The van der Waals surface area contributed by atoms with E-state index in [-0.39, 0.29) is 21.3 Å². The molecule has 5 nitrogen and oxygen atoms in total. The Morgan fingerprint density at radius 2 is 0.969 bits per heavy atom. The second kappa shape index (κ2) is 8.35. The van der Waals surface area contributed by atoms with Crippen molar-refractivity contribution in [3.63, 3.8) is 0 Å². The van der Waals surface area contributed by atoms with Gasteiger partial charge in [-0.2, -0.15) is 0 Å². The Labute approximate surface area is 166 Å². The fourth-order valence-corrected chi connectivity index (χ4v) is 3.71. The van der Waals surface area contributed by atoms with Crippen molar-refractivity contribution in [2.24, 2.45) is 0 Å². The molecule has 0 saturated heterocycles. The summed E-state index contributed by atoms with van der Waals surface area (Å²) in [6, 6.07) is 0. The van der Waals surface area contributed by atoms with Crippen LogP contribution in [-0.2, 0) is 13.6 Å². The van der Waals surface area contributed by atoms with Gasteiger partial charge in [-0.25, -0.2) is 0 Å². The first kappa shape index (κ1) is 30.5. The molecule has 1 amide bonds. The van der Waals surface area contributed by atoms with Gasteiger partial charge < -0.3 is 0 Å². The van der Waals surface area contributed by atoms with Crippen molar-refractivity contribution in [2.75, 3.05) is 21.3 Å². The molecule has 0 radical (unpaired) electrons. The van der Waals surface area contributed by atoms with Crippen LogP contribution in [0, 0.1) is 0 Å². The molecule has 0 N–H and O–H groups in total. The van der Waals surface area contributed by atoms with E-state index < -0.39 is 60.2 Å². The second-order valence-corrected chi connectivity index (χ2v) is 8.33. The van der Waals surface area contributed by atoms with Crippen LogP contribution in [0.15, 0.2) is 11.3 Å². The Bertz CT molecular complexity index is 701. The van der Waals surface area contributed by atoms with E-state index in [1.54, 1.807) is 0 Å². The van der Waals surface area contributed by atoms with Crippen LogP contribution in [0.25, 0.3) is 0 Å². The molecule has 0 bridgehead atoms. The SMILES string of the molecule is COP(F)(OC)(OC)/C(F)=C(/N(C(=O)F)C(C(F)(F)F)(C(F)(F)F)C(F)(F)F)C(F)(F)F. The molecule has 0 fully saturated rings. The zero-order valence-electron chi connectivity index (χ0n) is 15.2. The number of halogens is 15. The van der Waals surface area contributed by atoms with Gasteiger partial charge in [0, 0.05) is 0 Å². The quantitative estimate of drug-likeness (QED) is 0.166. The molecule has 0 atom stereocenters. The first-order valence-electron chi connectivity index (χ1n) is 6.94. The molecule has 32 heavy (non-hydrogen) atoms. The average molecular weight is 535 g/mol. The van der Waals surface area contributed by atoms with Crippen LogP contribution >= 0.6 is 7.59 Å². The molecule has 0 saturated carbocycles. The summed E-state index contributed by atoms with van der Waals surface area (Å²) >= 11 is 0. The molecule has 0 aliphatic heterocycles. The molecule has 0 spiro atoms. The van der Waals surface area contributed by atoms with Gasteiger partial charge in [0.25, 0.3) is 0 Å². The molecule has 0 aromatic heterocycles. The monoisotopic (exact) mass is 535 g/mol. The summed E-state index contributed by atoms with van der Waals surface area (Å²) in [6.45, 7) is 0. The van der Waals surface area contributed by atoms with Crippen molar-refractivity contribution in [3.8, 4) is 0 Å². The average Bonchev–Trinajstić information content (AvgIpc) is 2.55. The normalized spacial score (nSPS) is 16.9. The Balaban J connectivity index is 8.28. The van der Waals surface area contributed by atoms with Crippen molar-refractivity contribution >= 4 is 13.8 Å². The molecule has 0 aromatic carbocycles. The van der Waals surface area contributed by atoms with Crippen molar-refractivity contribution in [1.82, 2.24) is 4.90 Å². The molecule has 0 aliphatic carbocycles. The molecule has 0 heterocycles. The minimum absolute atomic E-state index is 0.121. The van der Waals surface area contributed by atoms with Crippen LogP contribution in [0.1, 0.15) is 0 Å². The number of hydrogen-bond acceptors (Lipinski definition) is 4. The molecule has 0 aliphatic rings. The first-order valence-corrected chi connectivity index (χ1v) is 8.82. The van der Waals surface area contributed by atoms with Crippen molar-refractivity contribution < 1.29 is 84.0 Å². The second-order valence-electron chi connectivity index (χ2n) is 5.27. The zero-order chi connectivity index (χ0) is 26.4. The van der Waals surface area contributed by atoms with Crippen molar-refractivity contribution in [3.05, 3.63) is 11.3 Å². The Morgan fingerprint density at radius 1 is 0.688 bits per heavy atom. The summed E-state index contributed by atoms with van der Waals surface area (Å²) in [5, 5.41) is 0. The van der Waals surface area contributed by atoms with E-state index in [0.717, 1.165) is 0 Å². The van der Waals surface area contributed by atoms with Crippen LogP contribution in [0.4, 0.5) is 70.5 Å². The van der Waals surface area contributed by atoms with E-state index in [2.05, 4.69) is 13.6 Å². The van der Waals surface area contributed by atoms with Crippen molar-refractivity contribution in [1.29, 1.82) is 0 Å². The van der Waals surface area contributed by atoms with E-state index in [0.29, 0.717) is 0 Å².